The topological polar surface area (TPSA) is 59.3 Å². The smallest absolute Gasteiger partial charge is 0.344 e. The number of carbonyl (C=O) groups is 1. The van der Waals surface area contributed by atoms with Crippen molar-refractivity contribution < 1.29 is 14.3 Å². The zero-order valence-electron chi connectivity index (χ0n) is 10.2. The molecule has 92 valence electrons. The first-order valence-electron chi connectivity index (χ1n) is 6.09. The van der Waals surface area contributed by atoms with Crippen LogP contribution in [0, 0.1) is 11.3 Å². The Morgan fingerprint density at radius 1 is 1.44 bits per heavy atom. The van der Waals surface area contributed by atoms with Crippen LogP contribution in [-0.2, 0) is 17.6 Å². The molecule has 18 heavy (non-hydrogen) atoms. The van der Waals surface area contributed by atoms with E-state index in [4.69, 9.17) is 14.7 Å². The van der Waals surface area contributed by atoms with Crippen LogP contribution in [0.2, 0.25) is 0 Å². The van der Waals surface area contributed by atoms with Crippen LogP contribution >= 0.6 is 0 Å². The van der Waals surface area contributed by atoms with E-state index in [0.29, 0.717) is 11.3 Å². The molecule has 1 aromatic carbocycles. The molecule has 1 aliphatic heterocycles. The Morgan fingerprint density at radius 3 is 2.94 bits per heavy atom. The van der Waals surface area contributed by atoms with Gasteiger partial charge in [0.25, 0.3) is 0 Å². The van der Waals surface area contributed by atoms with Crippen molar-refractivity contribution in [3.63, 3.8) is 0 Å². The second kappa shape index (κ2) is 4.02. The van der Waals surface area contributed by atoms with Crippen LogP contribution in [-0.4, -0.2) is 13.1 Å². The van der Waals surface area contributed by atoms with Crippen molar-refractivity contribution in [2.45, 2.75) is 31.8 Å². The maximum absolute atomic E-state index is 11.8. The van der Waals surface area contributed by atoms with Gasteiger partial charge in [-0.3, -0.25) is 0 Å². The highest BCUT2D eigenvalue weighted by Gasteiger charge is 2.38. The number of nitriles is 1. The number of nitrogens with zero attached hydrogens (tertiary/aromatic N) is 1. The minimum absolute atomic E-state index is 0.443. The van der Waals surface area contributed by atoms with Crippen LogP contribution in [0.3, 0.4) is 0 Å². The third-order valence-corrected chi connectivity index (χ3v) is 3.69. The highest BCUT2D eigenvalue weighted by atomic mass is 16.6. The van der Waals surface area contributed by atoms with Crippen molar-refractivity contribution in [2.75, 3.05) is 7.11 Å². The van der Waals surface area contributed by atoms with E-state index >= 15 is 0 Å². The Morgan fingerprint density at radius 2 is 2.22 bits per heavy atom. The van der Waals surface area contributed by atoms with Gasteiger partial charge in [0.15, 0.2) is 0 Å². The predicted molar refractivity (Wildman–Crippen MR) is 63.4 cm³/mol. The van der Waals surface area contributed by atoms with E-state index in [9.17, 15) is 4.79 Å². The second-order valence-corrected chi connectivity index (χ2v) is 4.63. The van der Waals surface area contributed by atoms with Gasteiger partial charge in [0.05, 0.1) is 7.11 Å². The SMILES string of the molecule is COc1cc2c(c3c1C(=O)OC3C#N)CCCC2. The van der Waals surface area contributed by atoms with Gasteiger partial charge in [-0.1, -0.05) is 0 Å². The number of esters is 1. The molecule has 0 saturated carbocycles. The summed E-state index contributed by atoms with van der Waals surface area (Å²) in [6, 6.07) is 3.98. The molecular formula is C14H13NO3. The highest BCUT2D eigenvalue weighted by molar-refractivity contribution is 5.98. The molecule has 1 atom stereocenters. The molecule has 0 bridgehead atoms. The predicted octanol–water partition coefficient (Wildman–Crippen LogP) is 2.31. The molecule has 4 heteroatoms. The standard InChI is InChI=1S/C14H13NO3/c1-17-10-6-8-4-2-3-5-9(8)12-11(7-15)18-14(16)13(10)12/h6,11H,2-5H2,1H3. The fourth-order valence-electron chi connectivity index (χ4n) is 2.89. The number of methoxy groups -OCH3 is 1. The average molecular weight is 243 g/mol. The number of ether oxygens (including phenoxy) is 2. The summed E-state index contributed by atoms with van der Waals surface area (Å²) < 4.78 is 10.4. The Balaban J connectivity index is 2.29. The molecule has 1 unspecified atom stereocenters. The maximum Gasteiger partial charge on any atom is 0.344 e. The minimum Gasteiger partial charge on any atom is -0.496 e. The van der Waals surface area contributed by atoms with Crippen LogP contribution in [0.4, 0.5) is 0 Å². The Bertz CT molecular complexity index is 571. The van der Waals surface area contributed by atoms with Gasteiger partial charge in [0.2, 0.25) is 6.10 Å². The van der Waals surface area contributed by atoms with Gasteiger partial charge in [-0.25, -0.2) is 4.79 Å². The van der Waals surface area contributed by atoms with Crippen molar-refractivity contribution in [1.82, 2.24) is 0 Å². The molecule has 1 aromatic rings. The first-order valence-corrected chi connectivity index (χ1v) is 6.09. The number of hydrogen-bond donors (Lipinski definition) is 0. The third kappa shape index (κ3) is 1.40. The van der Waals surface area contributed by atoms with Crippen LogP contribution in [0.15, 0.2) is 6.07 Å². The Hall–Kier alpha value is -2.02. The lowest BCUT2D eigenvalue weighted by Crippen LogP contribution is -2.09. The molecular weight excluding hydrogens is 230 g/mol. The maximum atomic E-state index is 11.8. The fourth-order valence-corrected chi connectivity index (χ4v) is 2.89. The van der Waals surface area contributed by atoms with Crippen LogP contribution < -0.4 is 4.74 Å². The van der Waals surface area contributed by atoms with E-state index in [1.807, 2.05) is 6.07 Å². The van der Waals surface area contributed by atoms with Gasteiger partial charge in [0, 0.05) is 5.56 Å². The lowest BCUT2D eigenvalue weighted by molar-refractivity contribution is 0.0475. The second-order valence-electron chi connectivity index (χ2n) is 4.63. The van der Waals surface area contributed by atoms with Crippen LogP contribution in [0.25, 0.3) is 0 Å². The lowest BCUT2D eigenvalue weighted by atomic mass is 9.84. The normalized spacial score (nSPS) is 20.7. The molecule has 0 N–H and O–H groups in total. The van der Waals surface area contributed by atoms with Gasteiger partial charge in [-0.15, -0.1) is 0 Å². The quantitative estimate of drug-likeness (QED) is 0.710. The molecule has 0 saturated heterocycles. The first-order chi connectivity index (χ1) is 8.76. The lowest BCUT2D eigenvalue weighted by Gasteiger charge is -2.20. The molecule has 2 aliphatic rings. The summed E-state index contributed by atoms with van der Waals surface area (Å²) in [6.07, 6.45) is 3.36. The fraction of sp³-hybridized carbons (Fsp3) is 0.429. The van der Waals surface area contributed by atoms with E-state index in [1.54, 1.807) is 0 Å². The van der Waals surface area contributed by atoms with E-state index in [1.165, 1.54) is 12.7 Å². The summed E-state index contributed by atoms with van der Waals surface area (Å²) in [4.78, 5) is 11.8. The van der Waals surface area contributed by atoms with Crippen molar-refractivity contribution in [3.05, 3.63) is 28.3 Å². The number of cyclic esters (lactones) is 1. The molecule has 0 spiro atoms. The van der Waals surface area contributed by atoms with Gasteiger partial charge in [-0.05, 0) is 42.9 Å². The summed E-state index contributed by atoms with van der Waals surface area (Å²) >= 11 is 0. The molecule has 0 amide bonds. The number of hydrogen-bond acceptors (Lipinski definition) is 4. The molecule has 0 aromatic heterocycles. The van der Waals surface area contributed by atoms with Gasteiger partial charge < -0.3 is 9.47 Å². The van der Waals surface area contributed by atoms with Crippen LogP contribution in [0.5, 0.6) is 5.75 Å². The van der Waals surface area contributed by atoms with Crippen molar-refractivity contribution in [3.8, 4) is 11.8 Å². The van der Waals surface area contributed by atoms with E-state index in [-0.39, 0.29) is 0 Å². The van der Waals surface area contributed by atoms with Gasteiger partial charge in [-0.2, -0.15) is 5.26 Å². The van der Waals surface area contributed by atoms with E-state index < -0.39 is 12.1 Å². The zero-order valence-corrected chi connectivity index (χ0v) is 10.2. The summed E-state index contributed by atoms with van der Waals surface area (Å²) in [5.41, 5.74) is 3.51. The number of benzene rings is 1. The average Bonchev–Trinajstić information content (AvgIpc) is 2.75. The number of aryl methyl sites for hydroxylation is 1. The highest BCUT2D eigenvalue weighted by Crippen LogP contribution is 2.42. The van der Waals surface area contributed by atoms with Crippen molar-refractivity contribution in [2.24, 2.45) is 0 Å². The molecule has 1 heterocycles. The van der Waals surface area contributed by atoms with E-state index in [0.717, 1.165) is 36.8 Å². The number of fused-ring (bicyclic) bond motifs is 3. The largest absolute Gasteiger partial charge is 0.496 e. The summed E-state index contributed by atoms with van der Waals surface area (Å²) in [5, 5.41) is 9.13. The Labute approximate surface area is 105 Å². The Kier molecular flexibility index (Phi) is 2.48. The molecule has 0 radical (unpaired) electrons. The third-order valence-electron chi connectivity index (χ3n) is 3.69. The summed E-state index contributed by atoms with van der Waals surface area (Å²) in [6.45, 7) is 0. The first kappa shape index (κ1) is 11.1. The molecule has 3 rings (SSSR count). The number of rotatable bonds is 1. The van der Waals surface area contributed by atoms with Gasteiger partial charge >= 0.3 is 5.97 Å². The van der Waals surface area contributed by atoms with Gasteiger partial charge in [0.1, 0.15) is 17.4 Å². The molecule has 4 nitrogen and oxygen atoms in total. The minimum atomic E-state index is -0.769. The van der Waals surface area contributed by atoms with Crippen molar-refractivity contribution in [1.29, 1.82) is 5.26 Å². The zero-order chi connectivity index (χ0) is 12.7. The number of carbonyl (C=O) groups excluding carboxylic acids is 1. The molecule has 1 aliphatic carbocycles. The van der Waals surface area contributed by atoms with E-state index in [2.05, 4.69) is 6.07 Å². The monoisotopic (exact) mass is 243 g/mol. The van der Waals surface area contributed by atoms with Crippen molar-refractivity contribution >= 4 is 5.97 Å². The molecule has 0 fully saturated rings. The van der Waals surface area contributed by atoms with Crippen LogP contribution in [0.1, 0.15) is 46.0 Å². The summed E-state index contributed by atoms with van der Waals surface area (Å²) in [5.74, 6) is 0.0928. The summed E-state index contributed by atoms with van der Waals surface area (Å²) in [7, 11) is 1.54.